The molecule has 4 N–H and O–H groups in total. The average Bonchev–Trinajstić information content (AvgIpc) is 2.86. The Hall–Kier alpha value is -2.10. The zero-order chi connectivity index (χ0) is 25.5. The zero-order valence-corrected chi connectivity index (χ0v) is 21.6. The van der Waals surface area contributed by atoms with E-state index in [-0.39, 0.29) is 6.61 Å². The van der Waals surface area contributed by atoms with Crippen LogP contribution in [0.1, 0.15) is 49.5 Å². The number of anilines is 1. The number of benzene rings is 1. The Morgan fingerprint density at radius 1 is 1.14 bits per heavy atom. The predicted octanol–water partition coefficient (Wildman–Crippen LogP) is 4.36. The van der Waals surface area contributed by atoms with Gasteiger partial charge in [0, 0.05) is 26.0 Å². The maximum Gasteiger partial charge on any atom is 0.343 e. The van der Waals surface area contributed by atoms with Crippen molar-refractivity contribution in [3.05, 3.63) is 51.8 Å². The molecule has 1 aromatic carbocycles. The summed E-state index contributed by atoms with van der Waals surface area (Å²) in [5.41, 5.74) is 7.50. The SMILES string of the molecule is COC(=O)COc1cccnc1CCCOCCCCCCNCC(O)c1cc(Cl)c(N)c(Cl)c1. The summed E-state index contributed by atoms with van der Waals surface area (Å²) in [7, 11) is 1.33. The van der Waals surface area contributed by atoms with E-state index in [1.165, 1.54) is 7.11 Å². The van der Waals surface area contributed by atoms with E-state index in [0.717, 1.165) is 50.9 Å². The van der Waals surface area contributed by atoms with E-state index < -0.39 is 12.1 Å². The molecule has 194 valence electrons. The zero-order valence-electron chi connectivity index (χ0n) is 20.1. The molecule has 10 heteroatoms. The molecule has 1 unspecified atom stereocenters. The molecule has 0 radical (unpaired) electrons. The molecule has 0 bridgehead atoms. The van der Waals surface area contributed by atoms with Crippen LogP contribution in [-0.2, 0) is 20.7 Å². The number of aliphatic hydroxyl groups excluding tert-OH is 1. The van der Waals surface area contributed by atoms with Crippen molar-refractivity contribution >= 4 is 34.9 Å². The number of halogens is 2. The number of ether oxygens (including phenoxy) is 3. The highest BCUT2D eigenvalue weighted by Gasteiger charge is 2.12. The molecule has 1 heterocycles. The minimum absolute atomic E-state index is 0.131. The van der Waals surface area contributed by atoms with E-state index in [1.807, 2.05) is 0 Å². The smallest absolute Gasteiger partial charge is 0.343 e. The van der Waals surface area contributed by atoms with Crippen molar-refractivity contribution in [3.8, 4) is 5.75 Å². The molecule has 2 rings (SSSR count). The minimum Gasteiger partial charge on any atom is -0.480 e. The number of nitrogen functional groups attached to an aromatic ring is 1. The molecule has 1 aromatic heterocycles. The number of pyridine rings is 1. The van der Waals surface area contributed by atoms with E-state index >= 15 is 0 Å². The molecule has 0 aliphatic rings. The van der Waals surface area contributed by atoms with Crippen LogP contribution < -0.4 is 15.8 Å². The van der Waals surface area contributed by atoms with Crippen molar-refractivity contribution in [2.45, 2.75) is 44.6 Å². The van der Waals surface area contributed by atoms with E-state index in [0.29, 0.717) is 46.6 Å². The molecule has 0 aliphatic heterocycles. The maximum atomic E-state index is 11.3. The monoisotopic (exact) mass is 527 g/mol. The molecule has 35 heavy (non-hydrogen) atoms. The van der Waals surface area contributed by atoms with Gasteiger partial charge in [-0.3, -0.25) is 4.98 Å². The Balaban J connectivity index is 1.47. The van der Waals surface area contributed by atoms with Crippen LogP contribution in [0.4, 0.5) is 5.69 Å². The summed E-state index contributed by atoms with van der Waals surface area (Å²) in [5.74, 6) is 0.172. The number of methoxy groups -OCH3 is 1. The van der Waals surface area contributed by atoms with Crippen molar-refractivity contribution in [1.82, 2.24) is 10.3 Å². The number of aromatic nitrogens is 1. The van der Waals surface area contributed by atoms with Crippen LogP contribution >= 0.6 is 23.2 Å². The fourth-order valence-corrected chi connectivity index (χ4v) is 3.85. The van der Waals surface area contributed by atoms with E-state index in [4.69, 9.17) is 38.4 Å². The van der Waals surface area contributed by atoms with Gasteiger partial charge >= 0.3 is 5.97 Å². The van der Waals surface area contributed by atoms with Crippen molar-refractivity contribution in [2.75, 3.05) is 45.8 Å². The van der Waals surface area contributed by atoms with E-state index in [9.17, 15) is 9.90 Å². The Morgan fingerprint density at radius 2 is 1.86 bits per heavy atom. The summed E-state index contributed by atoms with van der Waals surface area (Å²) < 4.78 is 15.8. The number of hydrogen-bond acceptors (Lipinski definition) is 8. The Kier molecular flexibility index (Phi) is 13.8. The van der Waals surface area contributed by atoms with Crippen molar-refractivity contribution in [3.63, 3.8) is 0 Å². The standard InChI is InChI=1S/C25H35Cl2N3O5/c1-33-24(32)17-35-23-9-6-11-30-21(23)8-7-13-34-12-5-3-2-4-10-29-16-22(31)18-14-19(26)25(28)20(27)15-18/h6,9,11,14-15,22,29,31H,2-5,7-8,10,12-13,16-17,28H2,1H3. The summed E-state index contributed by atoms with van der Waals surface area (Å²) in [6.07, 6.45) is 6.73. The lowest BCUT2D eigenvalue weighted by Crippen LogP contribution is -2.22. The first-order chi connectivity index (χ1) is 16.9. The number of rotatable bonds is 17. The second-order valence-corrected chi connectivity index (χ2v) is 8.88. The van der Waals surface area contributed by atoms with Gasteiger partial charge in [0.25, 0.3) is 0 Å². The summed E-state index contributed by atoms with van der Waals surface area (Å²) in [5, 5.41) is 14.2. The van der Waals surface area contributed by atoms with E-state index in [1.54, 1.807) is 30.5 Å². The second-order valence-electron chi connectivity index (χ2n) is 8.06. The highest BCUT2D eigenvalue weighted by atomic mass is 35.5. The number of nitrogens with zero attached hydrogens (tertiary/aromatic N) is 1. The molecule has 2 aromatic rings. The van der Waals surface area contributed by atoms with Gasteiger partial charge in [-0.1, -0.05) is 36.0 Å². The average molecular weight is 528 g/mol. The number of nitrogens with one attached hydrogen (secondary N) is 1. The number of aryl methyl sites for hydroxylation is 1. The van der Waals surface area contributed by atoms with Crippen LogP contribution in [0.5, 0.6) is 5.75 Å². The Morgan fingerprint density at radius 3 is 2.60 bits per heavy atom. The van der Waals surface area contributed by atoms with Gasteiger partial charge < -0.3 is 30.4 Å². The molecule has 0 spiro atoms. The number of esters is 1. The van der Waals surface area contributed by atoms with Crippen LogP contribution in [0, 0.1) is 0 Å². The third-order valence-electron chi connectivity index (χ3n) is 5.34. The molecular formula is C25H35Cl2N3O5. The van der Waals surface area contributed by atoms with Gasteiger partial charge in [-0.05, 0) is 62.1 Å². The fraction of sp³-hybridized carbons (Fsp3) is 0.520. The van der Waals surface area contributed by atoms with Gasteiger partial charge in [0.1, 0.15) is 5.75 Å². The Bertz CT molecular complexity index is 893. The molecule has 0 fully saturated rings. The highest BCUT2D eigenvalue weighted by Crippen LogP contribution is 2.31. The molecule has 0 saturated carbocycles. The third-order valence-corrected chi connectivity index (χ3v) is 5.97. The quantitative estimate of drug-likeness (QED) is 0.158. The van der Waals surface area contributed by atoms with Crippen molar-refractivity contribution in [1.29, 1.82) is 0 Å². The first kappa shape index (κ1) is 29.1. The van der Waals surface area contributed by atoms with Gasteiger partial charge in [0.05, 0.1) is 34.6 Å². The number of hydrogen-bond donors (Lipinski definition) is 3. The number of aliphatic hydroxyl groups is 1. The Labute approximate surface area is 217 Å². The molecule has 1 atom stereocenters. The molecule has 0 saturated heterocycles. The van der Waals surface area contributed by atoms with Crippen molar-refractivity contribution < 1.29 is 24.1 Å². The third kappa shape index (κ3) is 11.0. The lowest BCUT2D eigenvalue weighted by Gasteiger charge is -2.14. The molecular weight excluding hydrogens is 493 g/mol. The highest BCUT2D eigenvalue weighted by molar-refractivity contribution is 6.38. The van der Waals surface area contributed by atoms with Crippen molar-refractivity contribution in [2.24, 2.45) is 0 Å². The molecule has 0 amide bonds. The molecule has 0 aliphatic carbocycles. The minimum atomic E-state index is -0.694. The summed E-state index contributed by atoms with van der Waals surface area (Å²) >= 11 is 12.0. The molecule has 8 nitrogen and oxygen atoms in total. The normalized spacial score (nSPS) is 11.9. The topological polar surface area (TPSA) is 116 Å². The van der Waals surface area contributed by atoms with Gasteiger partial charge in [0.15, 0.2) is 6.61 Å². The lowest BCUT2D eigenvalue weighted by atomic mass is 10.1. The predicted molar refractivity (Wildman–Crippen MR) is 138 cm³/mol. The van der Waals surface area contributed by atoms with Gasteiger partial charge in [-0.2, -0.15) is 0 Å². The summed E-state index contributed by atoms with van der Waals surface area (Å²) in [6.45, 7) is 2.47. The van der Waals surface area contributed by atoms with Gasteiger partial charge in [0.2, 0.25) is 0 Å². The summed E-state index contributed by atoms with van der Waals surface area (Å²) in [6, 6.07) is 6.85. The van der Waals surface area contributed by atoms with Crippen LogP contribution in [0.2, 0.25) is 10.0 Å². The summed E-state index contributed by atoms with van der Waals surface area (Å²) in [4.78, 5) is 15.6. The van der Waals surface area contributed by atoms with Crippen LogP contribution in [0.3, 0.4) is 0 Å². The number of carbonyl (C=O) groups is 1. The fourth-order valence-electron chi connectivity index (χ4n) is 3.34. The number of carbonyl (C=O) groups excluding carboxylic acids is 1. The first-order valence-corrected chi connectivity index (χ1v) is 12.5. The largest absolute Gasteiger partial charge is 0.480 e. The lowest BCUT2D eigenvalue weighted by molar-refractivity contribution is -0.142. The van der Waals surface area contributed by atoms with Gasteiger partial charge in [-0.25, -0.2) is 4.79 Å². The number of nitrogens with two attached hydrogens (primary N) is 1. The van der Waals surface area contributed by atoms with E-state index in [2.05, 4.69) is 15.0 Å². The van der Waals surface area contributed by atoms with Gasteiger partial charge in [-0.15, -0.1) is 0 Å². The second kappa shape index (κ2) is 16.5. The van der Waals surface area contributed by atoms with Crippen LogP contribution in [0.25, 0.3) is 0 Å². The van der Waals surface area contributed by atoms with Crippen LogP contribution in [0.15, 0.2) is 30.5 Å². The number of unbranched alkanes of at least 4 members (excludes halogenated alkanes) is 3. The first-order valence-electron chi connectivity index (χ1n) is 11.8. The maximum absolute atomic E-state index is 11.3. The van der Waals surface area contributed by atoms with Crippen LogP contribution in [-0.4, -0.2) is 56.1 Å².